The monoisotopic (exact) mass is 294 g/mol. The van der Waals surface area contributed by atoms with Crippen LogP contribution in [0, 0.1) is 11.8 Å². The highest BCUT2D eigenvalue weighted by atomic mass is 16.6. The first-order valence-corrected chi connectivity index (χ1v) is 7.79. The van der Waals surface area contributed by atoms with Crippen molar-refractivity contribution in [2.24, 2.45) is 5.84 Å². The summed E-state index contributed by atoms with van der Waals surface area (Å²) in [4.78, 5) is 11.5. The van der Waals surface area contributed by atoms with Crippen molar-refractivity contribution in [2.45, 2.75) is 78.2 Å². The van der Waals surface area contributed by atoms with Crippen molar-refractivity contribution in [3.8, 4) is 11.8 Å². The molecular formula is C17H30N2O2. The van der Waals surface area contributed by atoms with E-state index in [0.29, 0.717) is 0 Å². The lowest BCUT2D eigenvalue weighted by Crippen LogP contribution is -2.37. The Morgan fingerprint density at radius 1 is 1.19 bits per heavy atom. The summed E-state index contributed by atoms with van der Waals surface area (Å²) in [5.41, 5.74) is -0.550. The minimum absolute atomic E-state index is 0.550. The van der Waals surface area contributed by atoms with Gasteiger partial charge in [-0.2, -0.15) is 0 Å². The first-order chi connectivity index (χ1) is 9.87. The summed E-state index contributed by atoms with van der Waals surface area (Å²) < 4.78 is 5.10. The van der Waals surface area contributed by atoms with Gasteiger partial charge in [-0.05, 0) is 27.2 Å². The molecule has 0 aromatic rings. The van der Waals surface area contributed by atoms with Crippen LogP contribution in [-0.4, -0.2) is 16.7 Å². The third kappa shape index (κ3) is 13.3. The van der Waals surface area contributed by atoms with E-state index < -0.39 is 11.7 Å². The SMILES string of the molecule is CCCCCCCCC#C/C=C/N(N)C(=O)OC(C)(C)C. The zero-order valence-electron chi connectivity index (χ0n) is 13.9. The van der Waals surface area contributed by atoms with Crippen LogP contribution in [0.2, 0.25) is 0 Å². The van der Waals surface area contributed by atoms with Gasteiger partial charge >= 0.3 is 6.09 Å². The summed E-state index contributed by atoms with van der Waals surface area (Å²) in [5.74, 6) is 11.5. The predicted molar refractivity (Wildman–Crippen MR) is 87.2 cm³/mol. The number of hydrogen-bond donors (Lipinski definition) is 1. The minimum Gasteiger partial charge on any atom is -0.443 e. The Balaban J connectivity index is 3.80. The predicted octanol–water partition coefficient (Wildman–Crippen LogP) is 4.36. The molecule has 0 atom stereocenters. The van der Waals surface area contributed by atoms with Gasteiger partial charge in [-0.15, -0.1) is 0 Å². The molecule has 1 amide bonds. The van der Waals surface area contributed by atoms with E-state index in [0.717, 1.165) is 17.9 Å². The van der Waals surface area contributed by atoms with Gasteiger partial charge in [0.15, 0.2) is 0 Å². The summed E-state index contributed by atoms with van der Waals surface area (Å²) in [6.45, 7) is 7.60. The van der Waals surface area contributed by atoms with Crippen LogP contribution in [0.3, 0.4) is 0 Å². The summed E-state index contributed by atoms with van der Waals surface area (Å²) >= 11 is 0. The molecule has 21 heavy (non-hydrogen) atoms. The lowest BCUT2D eigenvalue weighted by atomic mass is 10.1. The fraction of sp³-hybridized carbons (Fsp3) is 0.706. The topological polar surface area (TPSA) is 55.6 Å². The van der Waals surface area contributed by atoms with Crippen LogP contribution < -0.4 is 5.84 Å². The van der Waals surface area contributed by atoms with E-state index in [2.05, 4.69) is 18.8 Å². The Bertz CT molecular complexity index is 372. The van der Waals surface area contributed by atoms with Crippen LogP contribution in [0.25, 0.3) is 0 Å². The average molecular weight is 294 g/mol. The van der Waals surface area contributed by atoms with Gasteiger partial charge in [-0.25, -0.2) is 15.6 Å². The quantitative estimate of drug-likeness (QED) is 0.249. The first kappa shape index (κ1) is 19.5. The lowest BCUT2D eigenvalue weighted by Gasteiger charge is -2.22. The van der Waals surface area contributed by atoms with Gasteiger partial charge in [0.1, 0.15) is 5.60 Å². The van der Waals surface area contributed by atoms with Crippen molar-refractivity contribution >= 4 is 6.09 Å². The Kier molecular flexibility index (Phi) is 10.4. The zero-order valence-corrected chi connectivity index (χ0v) is 13.9. The molecule has 2 N–H and O–H groups in total. The maximum absolute atomic E-state index is 11.5. The van der Waals surface area contributed by atoms with E-state index in [1.165, 1.54) is 38.3 Å². The molecule has 0 bridgehead atoms. The van der Waals surface area contributed by atoms with E-state index in [4.69, 9.17) is 10.6 Å². The number of hydrazine groups is 1. The second kappa shape index (κ2) is 11.2. The molecule has 0 aliphatic heterocycles. The van der Waals surface area contributed by atoms with Crippen molar-refractivity contribution in [2.75, 3.05) is 0 Å². The molecule has 4 heteroatoms. The second-order valence-electron chi connectivity index (χ2n) is 6.04. The Morgan fingerprint density at radius 2 is 1.81 bits per heavy atom. The molecule has 0 fully saturated rings. The van der Waals surface area contributed by atoms with Gasteiger partial charge in [0, 0.05) is 18.7 Å². The van der Waals surface area contributed by atoms with E-state index >= 15 is 0 Å². The highest BCUT2D eigenvalue weighted by Gasteiger charge is 2.18. The van der Waals surface area contributed by atoms with Crippen LogP contribution >= 0.6 is 0 Å². The van der Waals surface area contributed by atoms with Crippen molar-refractivity contribution in [1.82, 2.24) is 5.01 Å². The van der Waals surface area contributed by atoms with E-state index in [1.807, 2.05) is 0 Å². The van der Waals surface area contributed by atoms with Gasteiger partial charge in [-0.3, -0.25) is 0 Å². The van der Waals surface area contributed by atoms with Crippen molar-refractivity contribution in [1.29, 1.82) is 0 Å². The molecule has 0 saturated carbocycles. The molecule has 0 aromatic heterocycles. The highest BCUT2D eigenvalue weighted by Crippen LogP contribution is 2.08. The van der Waals surface area contributed by atoms with Gasteiger partial charge in [-0.1, -0.05) is 50.9 Å². The summed E-state index contributed by atoms with van der Waals surface area (Å²) in [6.07, 6.45) is 10.9. The molecule has 0 unspecified atom stereocenters. The number of carbonyl (C=O) groups excluding carboxylic acids is 1. The smallest absolute Gasteiger partial charge is 0.428 e. The molecule has 0 aromatic carbocycles. The molecular weight excluding hydrogens is 264 g/mol. The van der Waals surface area contributed by atoms with Crippen molar-refractivity contribution in [3.05, 3.63) is 12.3 Å². The fourth-order valence-electron chi connectivity index (χ4n) is 1.62. The normalized spacial score (nSPS) is 11.1. The number of hydrogen-bond acceptors (Lipinski definition) is 3. The summed E-state index contributed by atoms with van der Waals surface area (Å²) in [5, 5.41) is 0.907. The number of nitrogens with zero attached hydrogens (tertiary/aromatic N) is 1. The zero-order chi connectivity index (χ0) is 16.1. The largest absolute Gasteiger partial charge is 0.443 e. The standard InChI is InChI=1S/C17H30N2O2/c1-5-6-7-8-9-10-11-12-13-14-15-19(18)16(20)21-17(2,3)4/h14-15H,5-11,18H2,1-4H3/b15-14+. The van der Waals surface area contributed by atoms with E-state index in [9.17, 15) is 4.79 Å². The highest BCUT2D eigenvalue weighted by molar-refractivity contribution is 5.68. The van der Waals surface area contributed by atoms with Crippen molar-refractivity contribution in [3.63, 3.8) is 0 Å². The number of carbonyl (C=O) groups is 1. The molecule has 0 radical (unpaired) electrons. The van der Waals surface area contributed by atoms with Gasteiger partial charge in [0.25, 0.3) is 0 Å². The van der Waals surface area contributed by atoms with E-state index in [-0.39, 0.29) is 0 Å². The molecule has 0 saturated heterocycles. The Morgan fingerprint density at radius 3 is 2.43 bits per heavy atom. The van der Waals surface area contributed by atoms with Crippen LogP contribution in [0.15, 0.2) is 12.3 Å². The summed E-state index contributed by atoms with van der Waals surface area (Å²) in [7, 11) is 0. The molecule has 0 aliphatic rings. The van der Waals surface area contributed by atoms with Gasteiger partial charge in [0.05, 0.1) is 0 Å². The maximum atomic E-state index is 11.5. The fourth-order valence-corrected chi connectivity index (χ4v) is 1.62. The minimum atomic E-state index is -0.587. The molecule has 0 heterocycles. The second-order valence-corrected chi connectivity index (χ2v) is 6.04. The Hall–Kier alpha value is -1.47. The van der Waals surface area contributed by atoms with Gasteiger partial charge < -0.3 is 4.74 Å². The molecule has 0 aliphatic carbocycles. The van der Waals surface area contributed by atoms with Crippen LogP contribution in [0.5, 0.6) is 0 Å². The molecule has 0 spiro atoms. The lowest BCUT2D eigenvalue weighted by molar-refractivity contribution is 0.0334. The number of unbranched alkanes of at least 4 members (excludes halogenated alkanes) is 6. The third-order valence-electron chi connectivity index (χ3n) is 2.68. The number of allylic oxidation sites excluding steroid dienone is 1. The number of nitrogens with two attached hydrogens (primary N) is 1. The molecule has 4 nitrogen and oxygen atoms in total. The first-order valence-electron chi connectivity index (χ1n) is 7.79. The van der Waals surface area contributed by atoms with Crippen molar-refractivity contribution < 1.29 is 9.53 Å². The average Bonchev–Trinajstić information content (AvgIpc) is 2.38. The maximum Gasteiger partial charge on any atom is 0.428 e. The third-order valence-corrected chi connectivity index (χ3v) is 2.68. The summed E-state index contributed by atoms with van der Waals surface area (Å²) in [6, 6.07) is 0. The van der Waals surface area contributed by atoms with E-state index in [1.54, 1.807) is 26.8 Å². The van der Waals surface area contributed by atoms with Crippen LogP contribution in [0.1, 0.15) is 72.6 Å². The van der Waals surface area contributed by atoms with Crippen LogP contribution in [0.4, 0.5) is 4.79 Å². The van der Waals surface area contributed by atoms with Gasteiger partial charge in [0.2, 0.25) is 0 Å². The molecule has 120 valence electrons. The number of amides is 1. The number of rotatable bonds is 7. The molecule has 0 rings (SSSR count). The Labute approximate surface area is 129 Å². The number of ether oxygens (including phenoxy) is 1. The van der Waals surface area contributed by atoms with Crippen LogP contribution in [-0.2, 0) is 4.74 Å².